The van der Waals surface area contributed by atoms with Gasteiger partial charge in [0.15, 0.2) is 5.78 Å². The molecule has 2 heterocycles. The van der Waals surface area contributed by atoms with Crippen molar-refractivity contribution in [3.05, 3.63) is 107 Å². The van der Waals surface area contributed by atoms with E-state index in [4.69, 9.17) is 4.98 Å². The highest BCUT2D eigenvalue weighted by Gasteiger charge is 2.34. The molecule has 0 fully saturated rings. The molecule has 0 aliphatic carbocycles. The maximum absolute atomic E-state index is 13.6. The first kappa shape index (κ1) is 17.4. The van der Waals surface area contributed by atoms with Crippen molar-refractivity contribution in [1.29, 1.82) is 0 Å². The minimum Gasteiger partial charge on any atom is -0.329 e. The first-order chi connectivity index (χ1) is 14.1. The number of nitrogens with one attached hydrogen (secondary N) is 1. The molecule has 0 saturated carbocycles. The van der Waals surface area contributed by atoms with Gasteiger partial charge in [-0.2, -0.15) is 0 Å². The summed E-state index contributed by atoms with van der Waals surface area (Å²) in [4.78, 5) is 18.4. The third-order valence-electron chi connectivity index (χ3n) is 5.47. The summed E-state index contributed by atoms with van der Waals surface area (Å²) >= 11 is 0. The summed E-state index contributed by atoms with van der Waals surface area (Å²) in [5, 5.41) is 3.38. The molecule has 142 valence electrons. The highest BCUT2D eigenvalue weighted by Crippen LogP contribution is 2.40. The lowest BCUT2D eigenvalue weighted by Gasteiger charge is -2.31. The van der Waals surface area contributed by atoms with Gasteiger partial charge in [-0.25, -0.2) is 4.98 Å². The first-order valence-corrected chi connectivity index (χ1v) is 9.74. The second kappa shape index (κ2) is 6.74. The SMILES string of the molecule is CC1=C(C(=O)c2ccccc2)[C@@H](c2cccc(C)c2)n2c(nc3ccccc32)N1. The number of rotatable bonds is 3. The number of carbonyl (C=O) groups excluding carboxylic acids is 1. The van der Waals surface area contributed by atoms with Gasteiger partial charge in [-0.15, -0.1) is 0 Å². The van der Waals surface area contributed by atoms with E-state index in [0.29, 0.717) is 5.56 Å². The molecule has 0 spiro atoms. The van der Waals surface area contributed by atoms with Crippen LogP contribution in [0.25, 0.3) is 11.0 Å². The smallest absolute Gasteiger partial charge is 0.209 e. The van der Waals surface area contributed by atoms with E-state index >= 15 is 0 Å². The third kappa shape index (κ3) is 2.85. The Morgan fingerprint density at radius 3 is 2.48 bits per heavy atom. The van der Waals surface area contributed by atoms with Gasteiger partial charge in [0, 0.05) is 16.8 Å². The van der Waals surface area contributed by atoms with Gasteiger partial charge < -0.3 is 5.32 Å². The Bertz CT molecular complexity index is 1270. The van der Waals surface area contributed by atoms with Gasteiger partial charge >= 0.3 is 0 Å². The number of anilines is 1. The van der Waals surface area contributed by atoms with Crippen molar-refractivity contribution in [3.8, 4) is 0 Å². The highest BCUT2D eigenvalue weighted by atomic mass is 16.1. The second-order valence-electron chi connectivity index (χ2n) is 7.47. The first-order valence-electron chi connectivity index (χ1n) is 9.74. The van der Waals surface area contributed by atoms with E-state index in [1.165, 1.54) is 0 Å². The van der Waals surface area contributed by atoms with Crippen LogP contribution >= 0.6 is 0 Å². The minimum absolute atomic E-state index is 0.0329. The zero-order chi connectivity index (χ0) is 20.0. The van der Waals surface area contributed by atoms with Crippen molar-refractivity contribution in [2.45, 2.75) is 19.9 Å². The van der Waals surface area contributed by atoms with Gasteiger partial charge in [0.1, 0.15) is 0 Å². The molecule has 4 nitrogen and oxygen atoms in total. The minimum atomic E-state index is -0.244. The number of para-hydroxylation sites is 2. The van der Waals surface area contributed by atoms with Crippen LogP contribution in [-0.4, -0.2) is 15.3 Å². The fraction of sp³-hybridized carbons (Fsp3) is 0.120. The van der Waals surface area contributed by atoms with E-state index in [2.05, 4.69) is 41.1 Å². The van der Waals surface area contributed by atoms with Crippen LogP contribution in [0, 0.1) is 6.92 Å². The Balaban J connectivity index is 1.78. The van der Waals surface area contributed by atoms with Crippen molar-refractivity contribution in [3.63, 3.8) is 0 Å². The lowest BCUT2D eigenvalue weighted by atomic mass is 9.89. The van der Waals surface area contributed by atoms with E-state index in [0.717, 1.165) is 39.4 Å². The van der Waals surface area contributed by atoms with E-state index in [1.807, 2.05) is 61.5 Å². The Morgan fingerprint density at radius 2 is 1.69 bits per heavy atom. The molecular formula is C25H21N3O. The number of fused-ring (bicyclic) bond motifs is 3. The molecular weight excluding hydrogens is 358 g/mol. The lowest BCUT2D eigenvalue weighted by molar-refractivity contribution is 0.102. The molecule has 1 atom stereocenters. The number of nitrogens with zero attached hydrogens (tertiary/aromatic N) is 2. The van der Waals surface area contributed by atoms with Crippen LogP contribution < -0.4 is 5.32 Å². The van der Waals surface area contributed by atoms with Gasteiger partial charge in [0.2, 0.25) is 5.95 Å². The van der Waals surface area contributed by atoms with Crippen molar-refractivity contribution in [2.24, 2.45) is 0 Å². The third-order valence-corrected chi connectivity index (χ3v) is 5.47. The average molecular weight is 379 g/mol. The maximum atomic E-state index is 13.6. The Labute approximate surface area is 169 Å². The molecule has 4 aromatic rings. The molecule has 0 radical (unpaired) electrons. The number of allylic oxidation sites excluding steroid dienone is 2. The topological polar surface area (TPSA) is 46.9 Å². The molecule has 0 bridgehead atoms. The number of benzene rings is 3. The van der Waals surface area contributed by atoms with Crippen LogP contribution in [0.2, 0.25) is 0 Å². The standard InChI is InChI=1S/C25H21N3O/c1-16-9-8-12-19(15-16)23-22(24(29)18-10-4-3-5-11-18)17(2)26-25-27-20-13-6-7-14-21(20)28(23)25/h3-15,23H,1-2H3,(H,26,27)/t23-/m1/s1. The summed E-state index contributed by atoms with van der Waals surface area (Å²) in [5.41, 5.74) is 6.44. The molecule has 1 aliphatic rings. The monoisotopic (exact) mass is 379 g/mol. The average Bonchev–Trinajstić information content (AvgIpc) is 3.10. The molecule has 5 rings (SSSR count). The summed E-state index contributed by atoms with van der Waals surface area (Å²) in [6, 6.07) is 25.7. The lowest BCUT2D eigenvalue weighted by Crippen LogP contribution is -2.28. The van der Waals surface area contributed by atoms with Crippen LogP contribution in [0.4, 0.5) is 5.95 Å². The summed E-state index contributed by atoms with van der Waals surface area (Å²) in [5.74, 6) is 0.797. The number of hydrogen-bond acceptors (Lipinski definition) is 3. The Kier molecular flexibility index (Phi) is 4.06. The zero-order valence-electron chi connectivity index (χ0n) is 16.4. The largest absolute Gasteiger partial charge is 0.329 e. The summed E-state index contributed by atoms with van der Waals surface area (Å²) < 4.78 is 2.15. The summed E-state index contributed by atoms with van der Waals surface area (Å²) in [6.45, 7) is 4.04. The molecule has 3 aromatic carbocycles. The number of aromatic nitrogens is 2. The molecule has 0 unspecified atom stereocenters. The van der Waals surface area contributed by atoms with Crippen molar-refractivity contribution in [2.75, 3.05) is 5.32 Å². The van der Waals surface area contributed by atoms with E-state index in [1.54, 1.807) is 0 Å². The number of aryl methyl sites for hydroxylation is 1. The van der Waals surface area contributed by atoms with Gasteiger partial charge in [-0.1, -0.05) is 72.3 Å². The molecule has 1 aliphatic heterocycles. The number of hydrogen-bond donors (Lipinski definition) is 1. The van der Waals surface area contributed by atoms with E-state index in [9.17, 15) is 4.79 Å². The van der Waals surface area contributed by atoms with E-state index in [-0.39, 0.29) is 11.8 Å². The fourth-order valence-electron chi connectivity index (χ4n) is 4.16. The van der Waals surface area contributed by atoms with Crippen LogP contribution in [0.5, 0.6) is 0 Å². The van der Waals surface area contributed by atoms with Gasteiger partial charge in [0.05, 0.1) is 17.1 Å². The van der Waals surface area contributed by atoms with E-state index < -0.39 is 0 Å². The van der Waals surface area contributed by atoms with Crippen LogP contribution in [0.15, 0.2) is 90.1 Å². The number of imidazole rings is 1. The van der Waals surface area contributed by atoms with Crippen molar-refractivity contribution in [1.82, 2.24) is 9.55 Å². The van der Waals surface area contributed by atoms with Gasteiger partial charge in [0.25, 0.3) is 0 Å². The second-order valence-corrected chi connectivity index (χ2v) is 7.47. The summed E-state index contributed by atoms with van der Waals surface area (Å²) in [7, 11) is 0. The normalized spacial score (nSPS) is 15.9. The van der Waals surface area contributed by atoms with Gasteiger partial charge in [-0.3, -0.25) is 9.36 Å². The number of Topliss-reactive ketones (excluding diaryl/α,β-unsaturated/α-hetero) is 1. The highest BCUT2D eigenvalue weighted by molar-refractivity contribution is 6.11. The summed E-state index contributed by atoms with van der Waals surface area (Å²) in [6.07, 6.45) is 0. The van der Waals surface area contributed by atoms with Gasteiger partial charge in [-0.05, 0) is 31.5 Å². The van der Waals surface area contributed by atoms with Crippen LogP contribution in [-0.2, 0) is 0 Å². The molecule has 29 heavy (non-hydrogen) atoms. The molecule has 0 saturated heterocycles. The Morgan fingerprint density at radius 1 is 0.931 bits per heavy atom. The molecule has 4 heteroatoms. The van der Waals surface area contributed by atoms with Crippen LogP contribution in [0.1, 0.15) is 34.5 Å². The van der Waals surface area contributed by atoms with Crippen molar-refractivity contribution >= 4 is 22.8 Å². The molecule has 0 amide bonds. The fourth-order valence-corrected chi connectivity index (χ4v) is 4.16. The quantitative estimate of drug-likeness (QED) is 0.477. The molecule has 1 N–H and O–H groups in total. The van der Waals surface area contributed by atoms with Crippen LogP contribution in [0.3, 0.4) is 0 Å². The predicted molar refractivity (Wildman–Crippen MR) is 116 cm³/mol. The van der Waals surface area contributed by atoms with Crippen molar-refractivity contribution < 1.29 is 4.79 Å². The maximum Gasteiger partial charge on any atom is 0.209 e. The predicted octanol–water partition coefficient (Wildman–Crippen LogP) is 5.52. The number of ketones is 1. The zero-order valence-corrected chi connectivity index (χ0v) is 16.4. The Hall–Kier alpha value is -3.66. The molecule has 1 aromatic heterocycles. The number of carbonyl (C=O) groups is 1.